The smallest absolute Gasteiger partial charge is 0.220 e. The minimum Gasteiger partial charge on any atom is -0.350 e. The Kier molecular flexibility index (Phi) is 5.67. The van der Waals surface area contributed by atoms with Gasteiger partial charge in [-0.05, 0) is 62.9 Å². The highest BCUT2D eigenvalue weighted by atomic mass is 19.2. The van der Waals surface area contributed by atoms with Gasteiger partial charge in [0.1, 0.15) is 0 Å². The van der Waals surface area contributed by atoms with Crippen LogP contribution in [0.25, 0.3) is 0 Å². The summed E-state index contributed by atoms with van der Waals surface area (Å²) in [7, 11) is 0. The van der Waals surface area contributed by atoms with E-state index in [1.165, 1.54) is 6.07 Å². The zero-order chi connectivity index (χ0) is 15.2. The van der Waals surface area contributed by atoms with E-state index in [0.29, 0.717) is 17.9 Å². The third kappa shape index (κ3) is 4.77. The highest BCUT2D eigenvalue weighted by Gasteiger charge is 2.16. The third-order valence-corrected chi connectivity index (χ3v) is 4.06. The van der Waals surface area contributed by atoms with Gasteiger partial charge in [0.25, 0.3) is 0 Å². The van der Waals surface area contributed by atoms with Crippen LogP contribution in [0.5, 0.6) is 0 Å². The van der Waals surface area contributed by atoms with E-state index in [1.54, 1.807) is 6.92 Å². The first-order valence-electron chi connectivity index (χ1n) is 7.51. The molecule has 1 aromatic rings. The quantitative estimate of drug-likeness (QED) is 0.877. The van der Waals surface area contributed by atoms with Crippen LogP contribution in [-0.4, -0.2) is 19.0 Å². The minimum atomic E-state index is -0.886. The number of carbonyl (C=O) groups is 1. The maximum absolute atomic E-state index is 13.2. The number of carbonyl (C=O) groups excluding carboxylic acids is 1. The van der Waals surface area contributed by atoms with E-state index in [9.17, 15) is 13.6 Å². The largest absolute Gasteiger partial charge is 0.350 e. The Morgan fingerprint density at radius 2 is 2.05 bits per heavy atom. The van der Waals surface area contributed by atoms with Crippen LogP contribution in [0.2, 0.25) is 0 Å². The Hall–Kier alpha value is -1.49. The van der Waals surface area contributed by atoms with Gasteiger partial charge in [-0.3, -0.25) is 4.79 Å². The second-order valence-electron chi connectivity index (χ2n) is 5.69. The Morgan fingerprint density at radius 3 is 2.71 bits per heavy atom. The molecule has 1 heterocycles. The lowest BCUT2D eigenvalue weighted by Crippen LogP contribution is -2.30. The summed E-state index contributed by atoms with van der Waals surface area (Å²) < 4.78 is 26.1. The van der Waals surface area contributed by atoms with Crippen molar-refractivity contribution in [1.82, 2.24) is 10.6 Å². The zero-order valence-electron chi connectivity index (χ0n) is 12.3. The number of benzene rings is 1. The molecule has 0 aliphatic carbocycles. The van der Waals surface area contributed by atoms with E-state index >= 15 is 0 Å². The van der Waals surface area contributed by atoms with Crippen LogP contribution in [0.3, 0.4) is 0 Å². The van der Waals surface area contributed by atoms with Gasteiger partial charge in [0.2, 0.25) is 5.91 Å². The molecular formula is C16H22F2N2O. The Morgan fingerprint density at radius 1 is 1.33 bits per heavy atom. The molecule has 0 saturated carbocycles. The third-order valence-electron chi connectivity index (χ3n) is 4.06. The van der Waals surface area contributed by atoms with Crippen LogP contribution in [-0.2, 0) is 4.79 Å². The normalized spacial score (nSPS) is 17.5. The summed E-state index contributed by atoms with van der Waals surface area (Å²) in [5, 5.41) is 6.14. The van der Waals surface area contributed by atoms with Gasteiger partial charge in [-0.1, -0.05) is 6.07 Å². The van der Waals surface area contributed by atoms with E-state index in [-0.39, 0.29) is 11.9 Å². The molecule has 1 saturated heterocycles. The van der Waals surface area contributed by atoms with Crippen molar-refractivity contribution in [1.29, 1.82) is 0 Å². The van der Waals surface area contributed by atoms with Gasteiger partial charge in [0.15, 0.2) is 11.6 Å². The number of rotatable bonds is 5. The highest BCUT2D eigenvalue weighted by Crippen LogP contribution is 2.19. The summed E-state index contributed by atoms with van der Waals surface area (Å²) in [5.41, 5.74) is 0.573. The maximum atomic E-state index is 13.2. The van der Waals surface area contributed by atoms with Gasteiger partial charge < -0.3 is 10.6 Å². The molecule has 2 N–H and O–H groups in total. The fourth-order valence-electron chi connectivity index (χ4n) is 2.68. The standard InChI is InChI=1S/C16H22F2N2O/c1-11(13-3-4-14(17)15(18)10-13)20-16(21)5-2-12-6-8-19-9-7-12/h3-4,10-12,19H,2,5-9H2,1H3,(H,20,21). The predicted molar refractivity (Wildman–Crippen MR) is 77.7 cm³/mol. The maximum Gasteiger partial charge on any atom is 0.220 e. The second kappa shape index (κ2) is 7.50. The molecule has 0 radical (unpaired) electrons. The molecule has 21 heavy (non-hydrogen) atoms. The van der Waals surface area contributed by atoms with Crippen molar-refractivity contribution in [3.05, 3.63) is 35.4 Å². The first-order chi connectivity index (χ1) is 10.1. The van der Waals surface area contributed by atoms with E-state index in [0.717, 1.165) is 44.5 Å². The number of amides is 1. The van der Waals surface area contributed by atoms with Gasteiger partial charge in [0.05, 0.1) is 6.04 Å². The lowest BCUT2D eigenvalue weighted by Gasteiger charge is -2.22. The van der Waals surface area contributed by atoms with Gasteiger partial charge in [-0.15, -0.1) is 0 Å². The molecule has 1 amide bonds. The van der Waals surface area contributed by atoms with Crippen LogP contribution in [0.4, 0.5) is 8.78 Å². The molecule has 2 rings (SSSR count). The molecule has 116 valence electrons. The van der Waals surface area contributed by atoms with E-state index in [2.05, 4.69) is 10.6 Å². The van der Waals surface area contributed by atoms with Crippen molar-refractivity contribution >= 4 is 5.91 Å². The molecule has 1 fully saturated rings. The van der Waals surface area contributed by atoms with Gasteiger partial charge >= 0.3 is 0 Å². The molecule has 0 bridgehead atoms. The number of hydrogen-bond donors (Lipinski definition) is 2. The summed E-state index contributed by atoms with van der Waals surface area (Å²) >= 11 is 0. The summed E-state index contributed by atoms with van der Waals surface area (Å²) in [6, 6.07) is 3.40. The van der Waals surface area contributed by atoms with Crippen LogP contribution in [0.1, 0.15) is 44.2 Å². The summed E-state index contributed by atoms with van der Waals surface area (Å²) in [6.07, 6.45) is 3.61. The molecule has 0 spiro atoms. The molecule has 1 aliphatic heterocycles. The van der Waals surface area contributed by atoms with E-state index in [1.807, 2.05) is 0 Å². The average Bonchev–Trinajstić information content (AvgIpc) is 2.49. The Balaban J connectivity index is 1.79. The Labute approximate surface area is 124 Å². The van der Waals surface area contributed by atoms with Crippen LogP contribution in [0.15, 0.2) is 18.2 Å². The molecule has 0 aromatic heterocycles. The molecule has 1 atom stereocenters. The molecule has 5 heteroatoms. The first-order valence-corrected chi connectivity index (χ1v) is 7.51. The summed E-state index contributed by atoms with van der Waals surface area (Å²) in [5.74, 6) is -1.19. The average molecular weight is 296 g/mol. The van der Waals surface area contributed by atoms with Crippen molar-refractivity contribution in [3.63, 3.8) is 0 Å². The van der Waals surface area contributed by atoms with Gasteiger partial charge in [0, 0.05) is 6.42 Å². The second-order valence-corrected chi connectivity index (χ2v) is 5.69. The number of halogens is 2. The molecule has 1 aromatic carbocycles. The molecule has 3 nitrogen and oxygen atoms in total. The van der Waals surface area contributed by atoms with Crippen LogP contribution >= 0.6 is 0 Å². The number of piperidine rings is 1. The predicted octanol–water partition coefficient (Wildman–Crippen LogP) is 2.92. The van der Waals surface area contributed by atoms with Crippen molar-refractivity contribution in [3.8, 4) is 0 Å². The monoisotopic (exact) mass is 296 g/mol. The van der Waals surface area contributed by atoms with E-state index in [4.69, 9.17) is 0 Å². The van der Waals surface area contributed by atoms with Crippen molar-refractivity contribution in [2.75, 3.05) is 13.1 Å². The highest BCUT2D eigenvalue weighted by molar-refractivity contribution is 5.76. The van der Waals surface area contributed by atoms with Crippen LogP contribution < -0.4 is 10.6 Å². The fourth-order valence-corrected chi connectivity index (χ4v) is 2.68. The first kappa shape index (κ1) is 15.9. The van der Waals surface area contributed by atoms with E-state index < -0.39 is 11.6 Å². The summed E-state index contributed by atoms with van der Waals surface area (Å²) in [4.78, 5) is 11.9. The lowest BCUT2D eigenvalue weighted by atomic mass is 9.93. The van der Waals surface area contributed by atoms with Gasteiger partial charge in [-0.2, -0.15) is 0 Å². The SMILES string of the molecule is CC(NC(=O)CCC1CCNCC1)c1ccc(F)c(F)c1. The minimum absolute atomic E-state index is 0.0363. The van der Waals surface area contributed by atoms with Crippen molar-refractivity contribution in [2.24, 2.45) is 5.92 Å². The van der Waals surface area contributed by atoms with Crippen molar-refractivity contribution < 1.29 is 13.6 Å². The molecular weight excluding hydrogens is 274 g/mol. The molecule has 1 unspecified atom stereocenters. The van der Waals surface area contributed by atoms with Crippen molar-refractivity contribution in [2.45, 2.75) is 38.6 Å². The number of nitrogens with one attached hydrogen (secondary N) is 2. The number of hydrogen-bond acceptors (Lipinski definition) is 2. The lowest BCUT2D eigenvalue weighted by molar-refractivity contribution is -0.122. The summed E-state index contributed by atoms with van der Waals surface area (Å²) in [6.45, 7) is 3.82. The topological polar surface area (TPSA) is 41.1 Å². The fraction of sp³-hybridized carbons (Fsp3) is 0.562. The Bertz CT molecular complexity index is 487. The zero-order valence-corrected chi connectivity index (χ0v) is 12.3. The van der Waals surface area contributed by atoms with Crippen LogP contribution in [0, 0.1) is 17.6 Å². The molecule has 1 aliphatic rings. The van der Waals surface area contributed by atoms with Gasteiger partial charge in [-0.25, -0.2) is 8.78 Å².